The molecule has 5 heteroatoms. The molecule has 0 aliphatic heterocycles. The molecule has 3 atom stereocenters. The molecule has 2 amide bonds. The summed E-state index contributed by atoms with van der Waals surface area (Å²) in [6.07, 6.45) is 3.75. The summed E-state index contributed by atoms with van der Waals surface area (Å²) in [6, 6.07) is 0.0690. The van der Waals surface area contributed by atoms with Gasteiger partial charge in [0.15, 0.2) is 0 Å². The molecule has 0 aromatic carbocycles. The number of rotatable bonds is 5. The first-order valence-corrected chi connectivity index (χ1v) is 7.15. The molecule has 3 N–H and O–H groups in total. The zero-order chi connectivity index (χ0) is 14.4. The van der Waals surface area contributed by atoms with Crippen molar-refractivity contribution in [1.82, 2.24) is 10.6 Å². The Labute approximate surface area is 115 Å². The highest BCUT2D eigenvalue weighted by Gasteiger charge is 2.24. The minimum absolute atomic E-state index is 0.177. The molecule has 1 aliphatic carbocycles. The lowest BCUT2D eigenvalue weighted by Crippen LogP contribution is -2.45. The van der Waals surface area contributed by atoms with Crippen LogP contribution in [0.15, 0.2) is 0 Å². The normalized spacial score (nSPS) is 28.5. The predicted molar refractivity (Wildman–Crippen MR) is 73.9 cm³/mol. The Balaban J connectivity index is 2.22. The number of nitrogens with one attached hydrogen (secondary N) is 2. The third-order valence-electron chi connectivity index (χ3n) is 3.80. The van der Waals surface area contributed by atoms with Gasteiger partial charge in [0.1, 0.15) is 0 Å². The molecule has 1 aliphatic rings. The van der Waals surface area contributed by atoms with E-state index in [2.05, 4.69) is 24.5 Å². The van der Waals surface area contributed by atoms with E-state index in [-0.39, 0.29) is 12.1 Å². The van der Waals surface area contributed by atoms with Gasteiger partial charge in [0, 0.05) is 12.6 Å². The minimum Gasteiger partial charge on any atom is -0.481 e. The van der Waals surface area contributed by atoms with Crippen molar-refractivity contribution in [2.24, 2.45) is 17.8 Å². The number of carboxylic acids is 1. The van der Waals surface area contributed by atoms with Crippen LogP contribution < -0.4 is 10.6 Å². The van der Waals surface area contributed by atoms with Gasteiger partial charge in [0.2, 0.25) is 0 Å². The number of hydrogen-bond donors (Lipinski definition) is 3. The summed E-state index contributed by atoms with van der Waals surface area (Å²) in [5.74, 6) is 0.0642. The highest BCUT2D eigenvalue weighted by Crippen LogP contribution is 2.28. The average Bonchev–Trinajstić information content (AvgIpc) is 2.26. The Morgan fingerprint density at radius 1 is 1.21 bits per heavy atom. The van der Waals surface area contributed by atoms with Gasteiger partial charge in [-0.3, -0.25) is 4.79 Å². The largest absolute Gasteiger partial charge is 0.481 e. The Morgan fingerprint density at radius 2 is 1.79 bits per heavy atom. The fraction of sp³-hybridized carbons (Fsp3) is 0.857. The molecular formula is C14H26N2O3. The Kier molecular flexibility index (Phi) is 6.12. The van der Waals surface area contributed by atoms with E-state index in [0.717, 1.165) is 12.8 Å². The van der Waals surface area contributed by atoms with Crippen LogP contribution in [0.3, 0.4) is 0 Å². The SMILES string of the molecule is CC1CC(C)CC(NC(=O)NCCC(C)C(=O)O)C1. The van der Waals surface area contributed by atoms with E-state index in [9.17, 15) is 9.59 Å². The summed E-state index contributed by atoms with van der Waals surface area (Å²) in [5, 5.41) is 14.5. The maximum absolute atomic E-state index is 11.7. The van der Waals surface area contributed by atoms with E-state index in [1.165, 1.54) is 6.42 Å². The van der Waals surface area contributed by atoms with Gasteiger partial charge in [-0.05, 0) is 37.5 Å². The molecule has 0 radical (unpaired) electrons. The van der Waals surface area contributed by atoms with E-state index in [1.807, 2.05) is 0 Å². The van der Waals surface area contributed by atoms with Crippen LogP contribution in [0.5, 0.6) is 0 Å². The molecule has 110 valence electrons. The first-order valence-electron chi connectivity index (χ1n) is 7.15. The van der Waals surface area contributed by atoms with Crippen LogP contribution in [-0.4, -0.2) is 29.7 Å². The molecule has 5 nitrogen and oxygen atoms in total. The van der Waals surface area contributed by atoms with E-state index in [0.29, 0.717) is 24.8 Å². The van der Waals surface area contributed by atoms with Crippen LogP contribution in [0.1, 0.15) is 46.5 Å². The molecule has 0 aromatic rings. The van der Waals surface area contributed by atoms with Crippen molar-refractivity contribution in [1.29, 1.82) is 0 Å². The number of carbonyl (C=O) groups is 2. The molecule has 0 heterocycles. The number of amides is 2. The van der Waals surface area contributed by atoms with Crippen molar-refractivity contribution in [2.45, 2.75) is 52.5 Å². The molecular weight excluding hydrogens is 244 g/mol. The molecule has 0 bridgehead atoms. The number of aliphatic carboxylic acids is 1. The molecule has 0 saturated heterocycles. The van der Waals surface area contributed by atoms with Crippen LogP contribution in [-0.2, 0) is 4.79 Å². The lowest BCUT2D eigenvalue weighted by Gasteiger charge is -2.31. The third-order valence-corrected chi connectivity index (χ3v) is 3.80. The van der Waals surface area contributed by atoms with Gasteiger partial charge >= 0.3 is 12.0 Å². The van der Waals surface area contributed by atoms with Crippen LogP contribution in [0.25, 0.3) is 0 Å². The molecule has 0 aromatic heterocycles. The maximum Gasteiger partial charge on any atom is 0.315 e. The van der Waals surface area contributed by atoms with Crippen molar-refractivity contribution in [3.05, 3.63) is 0 Å². The third kappa shape index (κ3) is 5.94. The van der Waals surface area contributed by atoms with Crippen LogP contribution >= 0.6 is 0 Å². The maximum atomic E-state index is 11.7. The number of carbonyl (C=O) groups excluding carboxylic acids is 1. The van der Waals surface area contributed by atoms with E-state index in [1.54, 1.807) is 6.92 Å². The lowest BCUT2D eigenvalue weighted by atomic mass is 9.80. The molecule has 0 spiro atoms. The smallest absolute Gasteiger partial charge is 0.315 e. The van der Waals surface area contributed by atoms with E-state index in [4.69, 9.17) is 5.11 Å². The highest BCUT2D eigenvalue weighted by atomic mass is 16.4. The second kappa shape index (κ2) is 7.36. The summed E-state index contributed by atoms with van der Waals surface area (Å²) in [5.41, 5.74) is 0. The Hall–Kier alpha value is -1.26. The summed E-state index contributed by atoms with van der Waals surface area (Å²) in [7, 11) is 0. The molecule has 1 fully saturated rings. The Bertz CT molecular complexity index is 310. The highest BCUT2D eigenvalue weighted by molar-refractivity contribution is 5.74. The van der Waals surface area contributed by atoms with Crippen LogP contribution in [0.4, 0.5) is 4.79 Å². The van der Waals surface area contributed by atoms with Crippen molar-refractivity contribution in [2.75, 3.05) is 6.54 Å². The van der Waals surface area contributed by atoms with Gasteiger partial charge < -0.3 is 15.7 Å². The van der Waals surface area contributed by atoms with Gasteiger partial charge in [-0.1, -0.05) is 20.8 Å². The molecule has 1 saturated carbocycles. The topological polar surface area (TPSA) is 78.4 Å². The summed E-state index contributed by atoms with van der Waals surface area (Å²) in [6.45, 7) is 6.48. The van der Waals surface area contributed by atoms with Crippen LogP contribution in [0, 0.1) is 17.8 Å². The molecule has 19 heavy (non-hydrogen) atoms. The minimum atomic E-state index is -0.822. The monoisotopic (exact) mass is 270 g/mol. The standard InChI is InChI=1S/C14H26N2O3/c1-9-6-10(2)8-12(7-9)16-14(19)15-5-4-11(3)13(17)18/h9-12H,4-8H2,1-3H3,(H,17,18)(H2,15,16,19). The summed E-state index contributed by atoms with van der Waals surface area (Å²) >= 11 is 0. The second-order valence-corrected chi connectivity index (χ2v) is 6.04. The second-order valence-electron chi connectivity index (χ2n) is 6.04. The first-order chi connectivity index (χ1) is 8.88. The van der Waals surface area contributed by atoms with Crippen molar-refractivity contribution >= 4 is 12.0 Å². The zero-order valence-corrected chi connectivity index (χ0v) is 12.1. The van der Waals surface area contributed by atoms with Crippen LogP contribution in [0.2, 0.25) is 0 Å². The summed E-state index contributed by atoms with van der Waals surface area (Å²) < 4.78 is 0. The Morgan fingerprint density at radius 3 is 2.32 bits per heavy atom. The van der Waals surface area contributed by atoms with Gasteiger partial charge in [0.05, 0.1) is 5.92 Å². The fourth-order valence-electron chi connectivity index (χ4n) is 2.83. The lowest BCUT2D eigenvalue weighted by molar-refractivity contribution is -0.141. The van der Waals surface area contributed by atoms with Gasteiger partial charge in [0.25, 0.3) is 0 Å². The van der Waals surface area contributed by atoms with Crippen molar-refractivity contribution < 1.29 is 14.7 Å². The van der Waals surface area contributed by atoms with Gasteiger partial charge in [-0.2, -0.15) is 0 Å². The summed E-state index contributed by atoms with van der Waals surface area (Å²) in [4.78, 5) is 22.3. The fourth-order valence-corrected chi connectivity index (χ4v) is 2.83. The first kappa shape index (κ1) is 15.8. The number of hydrogen-bond acceptors (Lipinski definition) is 2. The predicted octanol–water partition coefficient (Wildman–Crippen LogP) is 2.22. The number of carboxylic acid groups (broad SMARTS) is 1. The van der Waals surface area contributed by atoms with E-state index >= 15 is 0 Å². The average molecular weight is 270 g/mol. The van der Waals surface area contributed by atoms with E-state index < -0.39 is 11.9 Å². The quantitative estimate of drug-likeness (QED) is 0.716. The van der Waals surface area contributed by atoms with Gasteiger partial charge in [-0.15, -0.1) is 0 Å². The van der Waals surface area contributed by atoms with Crippen molar-refractivity contribution in [3.8, 4) is 0 Å². The molecule has 3 unspecified atom stereocenters. The van der Waals surface area contributed by atoms with Crippen molar-refractivity contribution in [3.63, 3.8) is 0 Å². The zero-order valence-electron chi connectivity index (χ0n) is 12.1. The number of urea groups is 1. The molecule has 1 rings (SSSR count). The van der Waals surface area contributed by atoms with Gasteiger partial charge in [-0.25, -0.2) is 4.79 Å².